The molecule has 0 unspecified atom stereocenters. The Kier molecular flexibility index (Phi) is 8.10. The van der Waals surface area contributed by atoms with E-state index in [1.165, 1.54) is 0 Å². The lowest BCUT2D eigenvalue weighted by molar-refractivity contribution is 0.0503. The first kappa shape index (κ1) is 24.0. The lowest BCUT2D eigenvalue weighted by Crippen LogP contribution is -2.38. The Balaban J connectivity index is 1.88. The van der Waals surface area contributed by atoms with E-state index in [9.17, 15) is 9.59 Å². The Labute approximate surface area is 181 Å². The van der Waals surface area contributed by atoms with Gasteiger partial charge < -0.3 is 14.8 Å². The molecule has 1 N–H and O–H groups in total. The first-order valence-electron chi connectivity index (χ1n) is 10.9. The average molecular weight is 416 g/mol. The number of benzene rings is 1. The van der Waals surface area contributed by atoms with Crippen LogP contribution in [0.2, 0.25) is 0 Å². The van der Waals surface area contributed by atoms with E-state index in [2.05, 4.69) is 25.7 Å². The average Bonchev–Trinajstić information content (AvgIpc) is 2.64. The Morgan fingerprint density at radius 2 is 1.93 bits per heavy atom. The molecule has 30 heavy (non-hydrogen) atoms. The van der Waals surface area contributed by atoms with Gasteiger partial charge in [0, 0.05) is 24.1 Å². The van der Waals surface area contributed by atoms with Crippen LogP contribution in [0.4, 0.5) is 4.79 Å². The van der Waals surface area contributed by atoms with E-state index in [1.807, 2.05) is 39.0 Å². The van der Waals surface area contributed by atoms with Crippen molar-refractivity contribution in [1.82, 2.24) is 5.32 Å². The summed E-state index contributed by atoms with van der Waals surface area (Å²) in [6.45, 7) is 14.8. The maximum Gasteiger partial charge on any atom is 0.407 e. The number of hydrogen-bond donors (Lipinski definition) is 1. The van der Waals surface area contributed by atoms with Crippen molar-refractivity contribution in [2.45, 2.75) is 78.7 Å². The van der Waals surface area contributed by atoms with E-state index in [-0.39, 0.29) is 17.3 Å². The first-order chi connectivity index (χ1) is 14.0. The Bertz CT molecular complexity index is 774. The van der Waals surface area contributed by atoms with Crippen molar-refractivity contribution in [3.63, 3.8) is 0 Å². The predicted molar refractivity (Wildman–Crippen MR) is 120 cm³/mol. The SMILES string of the molecule is C=CCc1c(OCCCC(C)(C)CNC(=O)OC(C)(C)C)ccc2c1CCCC2=O. The van der Waals surface area contributed by atoms with Gasteiger partial charge in [0.2, 0.25) is 0 Å². The number of ether oxygens (including phenoxy) is 2. The van der Waals surface area contributed by atoms with E-state index in [0.717, 1.165) is 48.1 Å². The van der Waals surface area contributed by atoms with Crippen LogP contribution in [-0.2, 0) is 17.6 Å². The number of rotatable bonds is 9. The second kappa shape index (κ2) is 10.1. The largest absolute Gasteiger partial charge is 0.493 e. The molecular formula is C25H37NO4. The van der Waals surface area contributed by atoms with Gasteiger partial charge in [-0.05, 0) is 76.0 Å². The highest BCUT2D eigenvalue weighted by atomic mass is 16.6. The van der Waals surface area contributed by atoms with Crippen LogP contribution in [0.3, 0.4) is 0 Å². The topological polar surface area (TPSA) is 64.6 Å². The number of carbonyl (C=O) groups is 2. The van der Waals surface area contributed by atoms with Crippen molar-refractivity contribution >= 4 is 11.9 Å². The molecule has 1 aliphatic carbocycles. The zero-order valence-corrected chi connectivity index (χ0v) is 19.2. The van der Waals surface area contributed by atoms with Gasteiger partial charge in [0.25, 0.3) is 0 Å². The molecule has 0 heterocycles. The van der Waals surface area contributed by atoms with Crippen LogP contribution in [0.5, 0.6) is 5.75 Å². The van der Waals surface area contributed by atoms with Crippen molar-refractivity contribution in [2.24, 2.45) is 5.41 Å². The van der Waals surface area contributed by atoms with Crippen molar-refractivity contribution in [1.29, 1.82) is 0 Å². The van der Waals surface area contributed by atoms with Crippen LogP contribution < -0.4 is 10.1 Å². The van der Waals surface area contributed by atoms with Gasteiger partial charge in [-0.1, -0.05) is 19.9 Å². The van der Waals surface area contributed by atoms with Crippen molar-refractivity contribution < 1.29 is 19.1 Å². The maximum absolute atomic E-state index is 12.2. The van der Waals surface area contributed by atoms with Crippen molar-refractivity contribution in [2.75, 3.05) is 13.2 Å². The molecule has 0 spiro atoms. The van der Waals surface area contributed by atoms with Crippen LogP contribution in [0.1, 0.15) is 81.8 Å². The number of alkyl carbamates (subject to hydrolysis) is 1. The molecule has 0 bridgehead atoms. The van der Waals surface area contributed by atoms with Crippen molar-refractivity contribution in [3.8, 4) is 5.75 Å². The fourth-order valence-electron chi connectivity index (χ4n) is 3.73. The number of amides is 1. The number of fused-ring (bicyclic) bond motifs is 1. The fourth-order valence-corrected chi connectivity index (χ4v) is 3.73. The fraction of sp³-hybridized carbons (Fsp3) is 0.600. The van der Waals surface area contributed by atoms with Gasteiger partial charge in [-0.3, -0.25) is 4.79 Å². The second-order valence-corrected chi connectivity index (χ2v) is 9.81. The number of carbonyl (C=O) groups excluding carboxylic acids is 2. The lowest BCUT2D eigenvalue weighted by Gasteiger charge is -2.27. The quantitative estimate of drug-likeness (QED) is 0.418. The lowest BCUT2D eigenvalue weighted by atomic mass is 9.86. The molecular weight excluding hydrogens is 378 g/mol. The molecule has 1 aromatic rings. The molecule has 0 saturated carbocycles. The molecule has 0 atom stereocenters. The minimum Gasteiger partial charge on any atom is -0.493 e. The summed E-state index contributed by atoms with van der Waals surface area (Å²) in [5.74, 6) is 1.08. The number of ketones is 1. The van der Waals surface area contributed by atoms with Crippen LogP contribution in [0.25, 0.3) is 0 Å². The highest BCUT2D eigenvalue weighted by Gasteiger charge is 2.23. The van der Waals surface area contributed by atoms with E-state index in [1.54, 1.807) is 0 Å². The highest BCUT2D eigenvalue weighted by Crippen LogP contribution is 2.32. The van der Waals surface area contributed by atoms with E-state index < -0.39 is 5.60 Å². The molecule has 0 aromatic heterocycles. The molecule has 1 aliphatic rings. The summed E-state index contributed by atoms with van der Waals surface area (Å²) in [5.41, 5.74) is 2.52. The van der Waals surface area contributed by atoms with Gasteiger partial charge in [0.05, 0.1) is 6.61 Å². The minimum absolute atomic E-state index is 0.0630. The Morgan fingerprint density at radius 3 is 2.60 bits per heavy atom. The third-order valence-electron chi connectivity index (χ3n) is 5.23. The molecule has 5 heteroatoms. The summed E-state index contributed by atoms with van der Waals surface area (Å²) >= 11 is 0. The van der Waals surface area contributed by atoms with Crippen molar-refractivity contribution in [3.05, 3.63) is 41.5 Å². The number of Topliss-reactive ketones (excluding diaryl/α,β-unsaturated/α-hetero) is 1. The van der Waals surface area contributed by atoms with Crippen LogP contribution in [0.15, 0.2) is 24.8 Å². The van der Waals surface area contributed by atoms with Gasteiger partial charge in [-0.2, -0.15) is 0 Å². The molecule has 166 valence electrons. The summed E-state index contributed by atoms with van der Waals surface area (Å²) in [6, 6.07) is 3.84. The molecule has 1 aromatic carbocycles. The molecule has 0 aliphatic heterocycles. The molecule has 5 nitrogen and oxygen atoms in total. The monoisotopic (exact) mass is 415 g/mol. The Morgan fingerprint density at radius 1 is 1.20 bits per heavy atom. The first-order valence-corrected chi connectivity index (χ1v) is 10.9. The summed E-state index contributed by atoms with van der Waals surface area (Å²) in [5, 5.41) is 2.86. The molecule has 0 radical (unpaired) electrons. The van der Waals surface area contributed by atoms with Crippen LogP contribution >= 0.6 is 0 Å². The normalized spacial score (nSPS) is 14.1. The molecule has 2 rings (SSSR count). The molecule has 1 amide bonds. The summed E-state index contributed by atoms with van der Waals surface area (Å²) in [7, 11) is 0. The Hall–Kier alpha value is -2.30. The zero-order chi connectivity index (χ0) is 22.4. The van der Waals surface area contributed by atoms with Gasteiger partial charge in [-0.25, -0.2) is 4.79 Å². The second-order valence-electron chi connectivity index (χ2n) is 9.81. The van der Waals surface area contributed by atoms with Crippen LogP contribution in [0, 0.1) is 5.41 Å². The summed E-state index contributed by atoms with van der Waals surface area (Å²) < 4.78 is 11.4. The summed E-state index contributed by atoms with van der Waals surface area (Å²) in [6.07, 6.45) is 6.42. The smallest absolute Gasteiger partial charge is 0.407 e. The van der Waals surface area contributed by atoms with Crippen LogP contribution in [-0.4, -0.2) is 30.6 Å². The number of allylic oxidation sites excluding steroid dienone is 1. The highest BCUT2D eigenvalue weighted by molar-refractivity contribution is 5.99. The third kappa shape index (κ3) is 7.19. The molecule has 0 saturated heterocycles. The van der Waals surface area contributed by atoms with E-state index in [0.29, 0.717) is 26.0 Å². The van der Waals surface area contributed by atoms with Gasteiger partial charge >= 0.3 is 6.09 Å². The van der Waals surface area contributed by atoms with Gasteiger partial charge in [-0.15, -0.1) is 6.58 Å². The summed E-state index contributed by atoms with van der Waals surface area (Å²) in [4.78, 5) is 24.1. The third-order valence-corrected chi connectivity index (χ3v) is 5.23. The standard InChI is InChI=1S/C25H37NO4/c1-7-10-20-18-11-8-12-21(27)19(18)13-14-22(20)29-16-9-15-25(5,6)17-26-23(28)30-24(2,3)4/h7,13-14H,1,8-12,15-17H2,2-6H3,(H,26,28). The van der Waals surface area contributed by atoms with E-state index >= 15 is 0 Å². The number of nitrogens with one attached hydrogen (secondary N) is 1. The van der Waals surface area contributed by atoms with E-state index in [4.69, 9.17) is 9.47 Å². The minimum atomic E-state index is -0.495. The molecule has 0 fully saturated rings. The maximum atomic E-state index is 12.2. The van der Waals surface area contributed by atoms with Gasteiger partial charge in [0.15, 0.2) is 5.78 Å². The number of hydrogen-bond acceptors (Lipinski definition) is 4. The predicted octanol–water partition coefficient (Wildman–Crippen LogP) is 5.64. The zero-order valence-electron chi connectivity index (χ0n) is 19.2. The van der Waals surface area contributed by atoms with Gasteiger partial charge in [0.1, 0.15) is 11.4 Å².